The molecule has 90 valence electrons. The van der Waals surface area contributed by atoms with Crippen LogP contribution in [0.15, 0.2) is 17.8 Å². The third-order valence-electron chi connectivity index (χ3n) is 2.28. The first-order chi connectivity index (χ1) is 8.25. The number of aromatic nitrogens is 3. The monoisotopic (exact) mass is 250 g/mol. The number of nitrogens with one attached hydrogen (secondary N) is 2. The van der Waals surface area contributed by atoms with Crippen molar-refractivity contribution in [3.63, 3.8) is 0 Å². The van der Waals surface area contributed by atoms with Crippen LogP contribution in [0.3, 0.4) is 0 Å². The van der Waals surface area contributed by atoms with E-state index in [0.717, 1.165) is 23.7 Å². The molecule has 2 aromatic rings. The number of H-pyrrole nitrogens is 1. The lowest BCUT2D eigenvalue weighted by molar-refractivity contribution is 0.0948. The molecule has 0 aliphatic rings. The standard InChI is InChI=1S/C11H14N4OS/c1-8-15-9(7-17-8)11(16)14-4-2-3-10-12-5-6-13-10/h5-7H,2-4H2,1H3,(H,12,13)(H,14,16). The van der Waals surface area contributed by atoms with Gasteiger partial charge in [-0.3, -0.25) is 4.79 Å². The van der Waals surface area contributed by atoms with Crippen molar-refractivity contribution in [3.05, 3.63) is 34.3 Å². The number of hydrogen-bond donors (Lipinski definition) is 2. The van der Waals surface area contributed by atoms with Gasteiger partial charge in [0.05, 0.1) is 5.01 Å². The molecule has 2 N–H and O–H groups in total. The van der Waals surface area contributed by atoms with E-state index in [2.05, 4.69) is 20.3 Å². The fraction of sp³-hybridized carbons (Fsp3) is 0.364. The molecule has 0 atom stereocenters. The van der Waals surface area contributed by atoms with Crippen LogP contribution in [0.25, 0.3) is 0 Å². The van der Waals surface area contributed by atoms with Crippen LogP contribution in [0.1, 0.15) is 27.7 Å². The van der Waals surface area contributed by atoms with Crippen LogP contribution in [-0.4, -0.2) is 27.4 Å². The third kappa shape index (κ3) is 3.39. The van der Waals surface area contributed by atoms with Crippen molar-refractivity contribution < 1.29 is 4.79 Å². The molecule has 17 heavy (non-hydrogen) atoms. The first-order valence-electron chi connectivity index (χ1n) is 5.44. The highest BCUT2D eigenvalue weighted by atomic mass is 32.1. The largest absolute Gasteiger partial charge is 0.351 e. The molecule has 5 nitrogen and oxygen atoms in total. The summed E-state index contributed by atoms with van der Waals surface area (Å²) in [6, 6.07) is 0. The summed E-state index contributed by atoms with van der Waals surface area (Å²) in [5.41, 5.74) is 0.505. The number of aromatic amines is 1. The number of carbonyl (C=O) groups is 1. The summed E-state index contributed by atoms with van der Waals surface area (Å²) in [4.78, 5) is 22.9. The Morgan fingerprint density at radius 1 is 1.59 bits per heavy atom. The van der Waals surface area contributed by atoms with Crippen LogP contribution in [0.4, 0.5) is 0 Å². The van der Waals surface area contributed by atoms with Crippen molar-refractivity contribution in [2.45, 2.75) is 19.8 Å². The molecule has 0 fully saturated rings. The average molecular weight is 250 g/mol. The van der Waals surface area contributed by atoms with Crippen molar-refractivity contribution in [2.75, 3.05) is 6.54 Å². The summed E-state index contributed by atoms with van der Waals surface area (Å²) in [6.07, 6.45) is 5.23. The van der Waals surface area contributed by atoms with Crippen molar-refractivity contribution in [3.8, 4) is 0 Å². The Morgan fingerprint density at radius 3 is 3.12 bits per heavy atom. The second kappa shape index (κ2) is 5.58. The highest BCUT2D eigenvalue weighted by Crippen LogP contribution is 2.07. The van der Waals surface area contributed by atoms with Crippen LogP contribution in [0.5, 0.6) is 0 Å². The van der Waals surface area contributed by atoms with E-state index in [-0.39, 0.29) is 5.91 Å². The maximum absolute atomic E-state index is 11.6. The molecule has 0 aliphatic carbocycles. The molecule has 0 bridgehead atoms. The Labute approximate surface area is 103 Å². The highest BCUT2D eigenvalue weighted by molar-refractivity contribution is 7.09. The van der Waals surface area contributed by atoms with Gasteiger partial charge in [-0.25, -0.2) is 9.97 Å². The molecule has 2 aromatic heterocycles. The van der Waals surface area contributed by atoms with Crippen LogP contribution < -0.4 is 5.32 Å². The van der Waals surface area contributed by atoms with E-state index in [0.29, 0.717) is 12.2 Å². The van der Waals surface area contributed by atoms with E-state index in [1.165, 1.54) is 11.3 Å². The van der Waals surface area contributed by atoms with Crippen molar-refractivity contribution in [1.82, 2.24) is 20.3 Å². The summed E-state index contributed by atoms with van der Waals surface area (Å²) in [5.74, 6) is 0.845. The molecular formula is C11H14N4OS. The average Bonchev–Trinajstić information content (AvgIpc) is 2.95. The van der Waals surface area contributed by atoms with Gasteiger partial charge in [0.2, 0.25) is 0 Å². The third-order valence-corrected chi connectivity index (χ3v) is 3.06. The number of aryl methyl sites for hydroxylation is 2. The van der Waals surface area contributed by atoms with Gasteiger partial charge in [-0.2, -0.15) is 0 Å². The Kier molecular flexibility index (Phi) is 3.87. The van der Waals surface area contributed by atoms with Crippen molar-refractivity contribution in [2.24, 2.45) is 0 Å². The van der Waals surface area contributed by atoms with E-state index in [4.69, 9.17) is 0 Å². The molecule has 1 amide bonds. The summed E-state index contributed by atoms with van der Waals surface area (Å²) in [6.45, 7) is 2.52. The zero-order valence-corrected chi connectivity index (χ0v) is 10.4. The smallest absolute Gasteiger partial charge is 0.270 e. The number of amides is 1. The molecule has 6 heteroatoms. The molecular weight excluding hydrogens is 236 g/mol. The molecule has 2 rings (SSSR count). The van der Waals surface area contributed by atoms with E-state index >= 15 is 0 Å². The fourth-order valence-corrected chi connectivity index (χ4v) is 2.04. The van der Waals surface area contributed by atoms with Crippen molar-refractivity contribution in [1.29, 1.82) is 0 Å². The number of thiazole rings is 1. The van der Waals surface area contributed by atoms with Gasteiger partial charge in [0.25, 0.3) is 5.91 Å². The predicted molar refractivity (Wildman–Crippen MR) is 66.1 cm³/mol. The van der Waals surface area contributed by atoms with E-state index in [1.807, 2.05) is 6.92 Å². The van der Waals surface area contributed by atoms with Gasteiger partial charge in [0, 0.05) is 30.7 Å². The minimum absolute atomic E-state index is 0.103. The number of hydrogen-bond acceptors (Lipinski definition) is 4. The second-order valence-corrected chi connectivity index (χ2v) is 4.71. The predicted octanol–water partition coefficient (Wildman–Crippen LogP) is 1.54. The van der Waals surface area contributed by atoms with Gasteiger partial charge in [-0.05, 0) is 13.3 Å². The lowest BCUT2D eigenvalue weighted by Gasteiger charge is -2.01. The summed E-state index contributed by atoms with van der Waals surface area (Å²) >= 11 is 1.48. The van der Waals surface area contributed by atoms with Crippen LogP contribution >= 0.6 is 11.3 Å². The molecule has 0 aromatic carbocycles. The maximum Gasteiger partial charge on any atom is 0.270 e. The Bertz CT molecular complexity index is 477. The summed E-state index contributed by atoms with van der Waals surface area (Å²) in [5, 5.41) is 5.52. The van der Waals surface area contributed by atoms with E-state index < -0.39 is 0 Å². The topological polar surface area (TPSA) is 70.7 Å². The minimum atomic E-state index is -0.103. The Morgan fingerprint density at radius 2 is 2.47 bits per heavy atom. The molecule has 0 spiro atoms. The zero-order valence-electron chi connectivity index (χ0n) is 9.56. The number of carbonyl (C=O) groups excluding carboxylic acids is 1. The molecule has 0 aliphatic heterocycles. The van der Waals surface area contributed by atoms with Gasteiger partial charge in [0.15, 0.2) is 0 Å². The SMILES string of the molecule is Cc1nc(C(=O)NCCCc2ncc[nH]2)cs1. The zero-order chi connectivity index (χ0) is 12.1. The molecule has 0 saturated carbocycles. The lowest BCUT2D eigenvalue weighted by atomic mass is 10.3. The van der Waals surface area contributed by atoms with Crippen LogP contribution in [-0.2, 0) is 6.42 Å². The lowest BCUT2D eigenvalue weighted by Crippen LogP contribution is -2.25. The maximum atomic E-state index is 11.6. The first kappa shape index (κ1) is 11.8. The number of rotatable bonds is 5. The summed E-state index contributed by atoms with van der Waals surface area (Å²) < 4.78 is 0. The Balaban J connectivity index is 1.70. The van der Waals surface area contributed by atoms with E-state index in [1.54, 1.807) is 17.8 Å². The summed E-state index contributed by atoms with van der Waals surface area (Å²) in [7, 11) is 0. The molecule has 2 heterocycles. The Hall–Kier alpha value is -1.69. The van der Waals surface area contributed by atoms with Gasteiger partial charge in [-0.15, -0.1) is 11.3 Å². The van der Waals surface area contributed by atoms with Crippen molar-refractivity contribution >= 4 is 17.2 Å². The number of nitrogens with zero attached hydrogens (tertiary/aromatic N) is 2. The minimum Gasteiger partial charge on any atom is -0.351 e. The molecule has 0 radical (unpaired) electrons. The van der Waals surface area contributed by atoms with Gasteiger partial charge in [0.1, 0.15) is 11.5 Å². The van der Waals surface area contributed by atoms with Crippen LogP contribution in [0, 0.1) is 6.92 Å². The number of imidazole rings is 1. The van der Waals surface area contributed by atoms with E-state index in [9.17, 15) is 4.79 Å². The fourth-order valence-electron chi connectivity index (χ4n) is 1.45. The quantitative estimate of drug-likeness (QED) is 0.791. The first-order valence-corrected chi connectivity index (χ1v) is 6.32. The molecule has 0 saturated heterocycles. The highest BCUT2D eigenvalue weighted by Gasteiger charge is 2.07. The van der Waals surface area contributed by atoms with Gasteiger partial charge >= 0.3 is 0 Å². The van der Waals surface area contributed by atoms with Crippen LogP contribution in [0.2, 0.25) is 0 Å². The second-order valence-electron chi connectivity index (χ2n) is 3.65. The van der Waals surface area contributed by atoms with Gasteiger partial charge in [-0.1, -0.05) is 0 Å². The van der Waals surface area contributed by atoms with Gasteiger partial charge < -0.3 is 10.3 Å². The normalized spacial score (nSPS) is 10.4. The molecule has 0 unspecified atom stereocenters.